The number of aryl methyl sites for hydroxylation is 1. The Bertz CT molecular complexity index is 581. The van der Waals surface area contributed by atoms with Crippen LogP contribution in [0.3, 0.4) is 0 Å². The zero-order valence-electron chi connectivity index (χ0n) is 10.4. The van der Waals surface area contributed by atoms with Crippen LogP contribution in [-0.2, 0) is 0 Å². The molecule has 1 heterocycles. The number of benzene rings is 1. The Morgan fingerprint density at radius 1 is 1.28 bits per heavy atom. The number of amides is 1. The van der Waals surface area contributed by atoms with E-state index in [9.17, 15) is 4.79 Å². The topological polar surface area (TPSA) is 59.2 Å². The van der Waals surface area contributed by atoms with Crippen molar-refractivity contribution >= 4 is 17.3 Å². The summed E-state index contributed by atoms with van der Waals surface area (Å²) in [6, 6.07) is 9.04. The minimum Gasteiger partial charge on any atom is -0.399 e. The van der Waals surface area contributed by atoms with Gasteiger partial charge in [-0.3, -0.25) is 9.78 Å². The van der Waals surface area contributed by atoms with Crippen LogP contribution in [0.5, 0.6) is 0 Å². The molecule has 2 rings (SSSR count). The average Bonchev–Trinajstić information content (AvgIpc) is 2.37. The van der Waals surface area contributed by atoms with Crippen LogP contribution in [0.25, 0.3) is 0 Å². The predicted molar refractivity (Wildman–Crippen MR) is 72.6 cm³/mol. The summed E-state index contributed by atoms with van der Waals surface area (Å²) in [5.74, 6) is -0.100. The molecule has 92 valence electrons. The van der Waals surface area contributed by atoms with Crippen molar-refractivity contribution in [3.05, 3.63) is 53.9 Å². The monoisotopic (exact) mass is 241 g/mol. The Kier molecular flexibility index (Phi) is 3.28. The van der Waals surface area contributed by atoms with E-state index in [0.29, 0.717) is 11.3 Å². The van der Waals surface area contributed by atoms with E-state index in [0.717, 1.165) is 11.3 Å². The zero-order chi connectivity index (χ0) is 13.1. The number of nitrogens with zero attached hydrogens (tertiary/aromatic N) is 2. The average molecular weight is 241 g/mol. The van der Waals surface area contributed by atoms with Gasteiger partial charge >= 0.3 is 0 Å². The predicted octanol–water partition coefficient (Wildman–Crippen LogP) is 2.25. The van der Waals surface area contributed by atoms with Gasteiger partial charge in [-0.1, -0.05) is 6.07 Å². The number of carbonyl (C=O) groups is 1. The third-order valence-corrected chi connectivity index (χ3v) is 2.68. The normalized spacial score (nSPS) is 10.1. The number of hydrogen-bond acceptors (Lipinski definition) is 3. The number of rotatable bonds is 2. The van der Waals surface area contributed by atoms with Gasteiger partial charge in [-0.05, 0) is 36.8 Å². The highest BCUT2D eigenvalue weighted by atomic mass is 16.2. The van der Waals surface area contributed by atoms with Crippen molar-refractivity contribution in [3.63, 3.8) is 0 Å². The maximum Gasteiger partial charge on any atom is 0.259 e. The molecule has 0 aliphatic carbocycles. The van der Waals surface area contributed by atoms with Gasteiger partial charge in [0.2, 0.25) is 0 Å². The lowest BCUT2D eigenvalue weighted by Gasteiger charge is -2.17. The molecule has 1 aromatic carbocycles. The molecule has 1 aromatic heterocycles. The molecule has 0 saturated heterocycles. The Labute approximate surface area is 106 Å². The highest BCUT2D eigenvalue weighted by Gasteiger charge is 2.13. The van der Waals surface area contributed by atoms with Gasteiger partial charge in [-0.2, -0.15) is 0 Å². The summed E-state index contributed by atoms with van der Waals surface area (Å²) in [7, 11) is 1.72. The quantitative estimate of drug-likeness (QED) is 0.820. The van der Waals surface area contributed by atoms with Crippen LogP contribution < -0.4 is 10.6 Å². The number of nitrogen functional groups attached to an aromatic ring is 1. The van der Waals surface area contributed by atoms with Crippen molar-refractivity contribution in [2.75, 3.05) is 17.7 Å². The largest absolute Gasteiger partial charge is 0.399 e. The summed E-state index contributed by atoms with van der Waals surface area (Å²) in [6.45, 7) is 1.91. The number of hydrogen-bond donors (Lipinski definition) is 1. The maximum atomic E-state index is 12.3. The van der Waals surface area contributed by atoms with E-state index in [1.165, 1.54) is 0 Å². The van der Waals surface area contributed by atoms with E-state index in [4.69, 9.17) is 5.73 Å². The van der Waals surface area contributed by atoms with Crippen LogP contribution in [0.15, 0.2) is 42.7 Å². The third-order valence-electron chi connectivity index (χ3n) is 2.68. The van der Waals surface area contributed by atoms with E-state index in [-0.39, 0.29) is 5.91 Å². The third kappa shape index (κ3) is 2.48. The SMILES string of the molecule is Cc1cncc(C(=O)N(C)c2cccc(N)c2)c1. The van der Waals surface area contributed by atoms with Crippen molar-refractivity contribution in [2.45, 2.75) is 6.92 Å². The first-order chi connectivity index (χ1) is 8.58. The van der Waals surface area contributed by atoms with Gasteiger partial charge in [0.15, 0.2) is 0 Å². The molecule has 2 aromatic rings. The zero-order valence-corrected chi connectivity index (χ0v) is 10.4. The highest BCUT2D eigenvalue weighted by Crippen LogP contribution is 2.18. The summed E-state index contributed by atoms with van der Waals surface area (Å²) in [6.07, 6.45) is 3.29. The molecule has 0 fully saturated rings. The molecule has 1 amide bonds. The Morgan fingerprint density at radius 2 is 2.06 bits per heavy atom. The number of nitrogens with two attached hydrogens (primary N) is 1. The molecule has 0 radical (unpaired) electrons. The van der Waals surface area contributed by atoms with Crippen LogP contribution in [0, 0.1) is 6.92 Å². The smallest absolute Gasteiger partial charge is 0.259 e. The first-order valence-electron chi connectivity index (χ1n) is 5.63. The fourth-order valence-electron chi connectivity index (χ4n) is 1.72. The molecule has 0 unspecified atom stereocenters. The van der Waals surface area contributed by atoms with Crippen molar-refractivity contribution in [1.82, 2.24) is 4.98 Å². The highest BCUT2D eigenvalue weighted by molar-refractivity contribution is 6.05. The van der Waals surface area contributed by atoms with Gasteiger partial charge in [-0.15, -0.1) is 0 Å². The molecule has 0 bridgehead atoms. The van der Waals surface area contributed by atoms with Gasteiger partial charge in [0.05, 0.1) is 5.56 Å². The summed E-state index contributed by atoms with van der Waals surface area (Å²) in [4.78, 5) is 17.8. The Morgan fingerprint density at radius 3 is 2.72 bits per heavy atom. The molecule has 2 N–H and O–H groups in total. The van der Waals surface area contributed by atoms with Crippen LogP contribution in [0.1, 0.15) is 15.9 Å². The summed E-state index contributed by atoms with van der Waals surface area (Å²) in [5.41, 5.74) is 8.64. The van der Waals surface area contributed by atoms with E-state index >= 15 is 0 Å². The van der Waals surface area contributed by atoms with Crippen LogP contribution in [0.2, 0.25) is 0 Å². The second-order valence-electron chi connectivity index (χ2n) is 4.21. The van der Waals surface area contributed by atoms with Gasteiger partial charge in [0, 0.05) is 30.8 Å². The minimum atomic E-state index is -0.100. The molecule has 0 aliphatic rings. The molecular formula is C14H15N3O. The first kappa shape index (κ1) is 12.1. The lowest BCUT2D eigenvalue weighted by molar-refractivity contribution is 0.0992. The lowest BCUT2D eigenvalue weighted by Crippen LogP contribution is -2.26. The second-order valence-corrected chi connectivity index (χ2v) is 4.21. The number of aromatic nitrogens is 1. The number of pyridine rings is 1. The molecule has 4 nitrogen and oxygen atoms in total. The molecule has 0 atom stereocenters. The van der Waals surface area contributed by atoms with Gasteiger partial charge in [-0.25, -0.2) is 0 Å². The standard InChI is InChI=1S/C14H15N3O/c1-10-6-11(9-16-8-10)14(18)17(2)13-5-3-4-12(15)7-13/h3-9H,15H2,1-2H3. The molecule has 4 heteroatoms. The first-order valence-corrected chi connectivity index (χ1v) is 5.63. The van der Waals surface area contributed by atoms with Crippen molar-refractivity contribution < 1.29 is 4.79 Å². The second kappa shape index (κ2) is 4.87. The van der Waals surface area contributed by atoms with Crippen molar-refractivity contribution in [1.29, 1.82) is 0 Å². The number of carbonyl (C=O) groups excluding carboxylic acids is 1. The lowest BCUT2D eigenvalue weighted by atomic mass is 10.2. The van der Waals surface area contributed by atoms with Crippen LogP contribution >= 0.6 is 0 Å². The molecule has 0 aliphatic heterocycles. The fourth-order valence-corrected chi connectivity index (χ4v) is 1.72. The maximum absolute atomic E-state index is 12.3. The molecule has 0 spiro atoms. The van der Waals surface area contributed by atoms with Crippen LogP contribution in [-0.4, -0.2) is 17.9 Å². The Balaban J connectivity index is 2.29. The van der Waals surface area contributed by atoms with Crippen molar-refractivity contribution in [2.24, 2.45) is 0 Å². The minimum absolute atomic E-state index is 0.100. The molecular weight excluding hydrogens is 226 g/mol. The van der Waals surface area contributed by atoms with Gasteiger partial charge in [0.1, 0.15) is 0 Å². The fraction of sp³-hybridized carbons (Fsp3) is 0.143. The number of anilines is 2. The summed E-state index contributed by atoms with van der Waals surface area (Å²) < 4.78 is 0. The van der Waals surface area contributed by atoms with Crippen LogP contribution in [0.4, 0.5) is 11.4 Å². The summed E-state index contributed by atoms with van der Waals surface area (Å²) in [5, 5.41) is 0. The van der Waals surface area contributed by atoms with E-state index in [2.05, 4.69) is 4.98 Å². The van der Waals surface area contributed by atoms with Gasteiger partial charge < -0.3 is 10.6 Å². The Hall–Kier alpha value is -2.36. The van der Waals surface area contributed by atoms with E-state index < -0.39 is 0 Å². The van der Waals surface area contributed by atoms with E-state index in [1.54, 1.807) is 36.5 Å². The summed E-state index contributed by atoms with van der Waals surface area (Å²) >= 11 is 0. The molecule has 18 heavy (non-hydrogen) atoms. The van der Waals surface area contributed by atoms with Crippen molar-refractivity contribution in [3.8, 4) is 0 Å². The van der Waals surface area contributed by atoms with E-state index in [1.807, 2.05) is 25.1 Å². The molecule has 0 saturated carbocycles. The van der Waals surface area contributed by atoms with Gasteiger partial charge in [0.25, 0.3) is 5.91 Å².